The molecule has 2 aromatic carbocycles. The smallest absolute Gasteiger partial charge is 0.115 e. The molecule has 22 heavy (non-hydrogen) atoms. The SMILES string of the molecule is CC(C)N(C)Cc1cccc(CNCc2cccc(O)c2)c1. The van der Waals surface area contributed by atoms with E-state index in [2.05, 4.69) is 55.4 Å². The zero-order chi connectivity index (χ0) is 15.9. The third-order valence-corrected chi connectivity index (χ3v) is 3.87. The molecule has 0 saturated carbocycles. The van der Waals surface area contributed by atoms with Crippen molar-refractivity contribution in [1.29, 1.82) is 0 Å². The van der Waals surface area contributed by atoms with E-state index in [1.54, 1.807) is 12.1 Å². The van der Waals surface area contributed by atoms with E-state index in [9.17, 15) is 5.11 Å². The summed E-state index contributed by atoms with van der Waals surface area (Å²) in [6.45, 7) is 6.97. The maximum absolute atomic E-state index is 9.46. The van der Waals surface area contributed by atoms with Crippen LogP contribution in [0.25, 0.3) is 0 Å². The van der Waals surface area contributed by atoms with Crippen molar-refractivity contribution in [2.24, 2.45) is 0 Å². The lowest BCUT2D eigenvalue weighted by Crippen LogP contribution is -2.25. The molecular formula is C19H26N2O. The number of aromatic hydroxyl groups is 1. The molecule has 0 aliphatic carbocycles. The van der Waals surface area contributed by atoms with Gasteiger partial charge >= 0.3 is 0 Å². The summed E-state index contributed by atoms with van der Waals surface area (Å²) in [5.74, 6) is 0.318. The van der Waals surface area contributed by atoms with Crippen molar-refractivity contribution in [1.82, 2.24) is 10.2 Å². The van der Waals surface area contributed by atoms with Crippen LogP contribution >= 0.6 is 0 Å². The average molecular weight is 298 g/mol. The Kier molecular flexibility index (Phi) is 5.99. The van der Waals surface area contributed by atoms with Crippen LogP contribution in [0.1, 0.15) is 30.5 Å². The first-order valence-electron chi connectivity index (χ1n) is 7.81. The Morgan fingerprint density at radius 2 is 1.55 bits per heavy atom. The number of phenols is 1. The molecule has 0 unspecified atom stereocenters. The molecule has 0 amide bonds. The first-order chi connectivity index (χ1) is 10.5. The highest BCUT2D eigenvalue weighted by molar-refractivity contribution is 5.27. The molecule has 0 atom stereocenters. The van der Waals surface area contributed by atoms with Gasteiger partial charge in [-0.1, -0.05) is 36.4 Å². The Bertz CT molecular complexity index is 595. The predicted molar refractivity (Wildman–Crippen MR) is 91.7 cm³/mol. The van der Waals surface area contributed by atoms with Crippen molar-refractivity contribution in [3.05, 3.63) is 65.2 Å². The topological polar surface area (TPSA) is 35.5 Å². The number of phenolic OH excluding ortho intramolecular Hbond substituents is 1. The van der Waals surface area contributed by atoms with E-state index < -0.39 is 0 Å². The van der Waals surface area contributed by atoms with E-state index in [-0.39, 0.29) is 0 Å². The van der Waals surface area contributed by atoms with Gasteiger partial charge in [0, 0.05) is 25.7 Å². The van der Waals surface area contributed by atoms with Crippen LogP contribution in [-0.4, -0.2) is 23.1 Å². The minimum absolute atomic E-state index is 0.318. The summed E-state index contributed by atoms with van der Waals surface area (Å²) >= 11 is 0. The van der Waals surface area contributed by atoms with Crippen molar-refractivity contribution in [2.75, 3.05) is 7.05 Å². The lowest BCUT2D eigenvalue weighted by Gasteiger charge is -2.21. The number of rotatable bonds is 7. The van der Waals surface area contributed by atoms with Crippen LogP contribution in [0.3, 0.4) is 0 Å². The standard InChI is InChI=1S/C19H26N2O/c1-15(2)21(3)14-18-8-4-6-16(10-18)12-20-13-17-7-5-9-19(22)11-17/h4-11,15,20,22H,12-14H2,1-3H3. The monoisotopic (exact) mass is 298 g/mol. The molecule has 0 radical (unpaired) electrons. The summed E-state index contributed by atoms with van der Waals surface area (Å²) in [6.07, 6.45) is 0. The predicted octanol–water partition coefficient (Wildman–Crippen LogP) is 3.52. The Labute approximate surface area is 133 Å². The van der Waals surface area contributed by atoms with Gasteiger partial charge in [-0.15, -0.1) is 0 Å². The fraction of sp³-hybridized carbons (Fsp3) is 0.368. The largest absolute Gasteiger partial charge is 0.508 e. The number of nitrogens with zero attached hydrogens (tertiary/aromatic N) is 1. The maximum Gasteiger partial charge on any atom is 0.115 e. The molecule has 0 bridgehead atoms. The molecule has 0 aromatic heterocycles. The molecule has 0 saturated heterocycles. The fourth-order valence-electron chi connectivity index (χ4n) is 2.33. The van der Waals surface area contributed by atoms with E-state index >= 15 is 0 Å². The van der Waals surface area contributed by atoms with Crippen LogP contribution in [0.2, 0.25) is 0 Å². The van der Waals surface area contributed by atoms with E-state index in [0.29, 0.717) is 11.8 Å². The highest BCUT2D eigenvalue weighted by Gasteiger charge is 2.04. The van der Waals surface area contributed by atoms with Crippen LogP contribution in [0.5, 0.6) is 5.75 Å². The summed E-state index contributed by atoms with van der Waals surface area (Å²) in [5, 5.41) is 12.9. The molecule has 3 nitrogen and oxygen atoms in total. The zero-order valence-corrected chi connectivity index (χ0v) is 13.7. The van der Waals surface area contributed by atoms with Crippen molar-refractivity contribution in [3.8, 4) is 5.75 Å². The highest BCUT2D eigenvalue weighted by atomic mass is 16.3. The van der Waals surface area contributed by atoms with Crippen molar-refractivity contribution >= 4 is 0 Å². The fourth-order valence-corrected chi connectivity index (χ4v) is 2.33. The van der Waals surface area contributed by atoms with Gasteiger partial charge in [0.15, 0.2) is 0 Å². The van der Waals surface area contributed by atoms with Crippen LogP contribution in [0, 0.1) is 0 Å². The molecule has 0 spiro atoms. The molecular weight excluding hydrogens is 272 g/mol. The number of benzene rings is 2. The van der Waals surface area contributed by atoms with Crippen molar-refractivity contribution in [3.63, 3.8) is 0 Å². The maximum atomic E-state index is 9.46. The van der Waals surface area contributed by atoms with Crippen LogP contribution in [0.15, 0.2) is 48.5 Å². The average Bonchev–Trinajstić information content (AvgIpc) is 2.47. The molecule has 0 aliphatic heterocycles. The van der Waals surface area contributed by atoms with Gasteiger partial charge < -0.3 is 10.4 Å². The van der Waals surface area contributed by atoms with Crippen molar-refractivity contribution in [2.45, 2.75) is 39.5 Å². The molecule has 3 heteroatoms. The Balaban J connectivity index is 1.88. The first kappa shape index (κ1) is 16.5. The van der Waals surface area contributed by atoms with Gasteiger partial charge in [-0.05, 0) is 49.7 Å². The summed E-state index contributed by atoms with van der Waals surface area (Å²) in [5.41, 5.74) is 3.72. The second-order valence-corrected chi connectivity index (χ2v) is 6.10. The molecule has 118 valence electrons. The first-order valence-corrected chi connectivity index (χ1v) is 7.81. The van der Waals surface area contributed by atoms with Gasteiger partial charge in [0.2, 0.25) is 0 Å². The van der Waals surface area contributed by atoms with Crippen LogP contribution < -0.4 is 5.32 Å². The zero-order valence-electron chi connectivity index (χ0n) is 13.7. The molecule has 0 aliphatic rings. The lowest BCUT2D eigenvalue weighted by molar-refractivity contribution is 0.266. The van der Waals surface area contributed by atoms with Gasteiger partial charge in [0.05, 0.1) is 0 Å². The quantitative estimate of drug-likeness (QED) is 0.821. The summed E-state index contributed by atoms with van der Waals surface area (Å²) in [6, 6.07) is 16.6. The highest BCUT2D eigenvalue weighted by Crippen LogP contribution is 2.12. The molecule has 2 rings (SSSR count). The third-order valence-electron chi connectivity index (χ3n) is 3.87. The second kappa shape index (κ2) is 7.97. The number of hydrogen-bond donors (Lipinski definition) is 2. The molecule has 2 N–H and O–H groups in total. The third kappa shape index (κ3) is 5.17. The Hall–Kier alpha value is -1.84. The lowest BCUT2D eigenvalue weighted by atomic mass is 10.1. The van der Waals surface area contributed by atoms with E-state index in [4.69, 9.17) is 0 Å². The van der Waals surface area contributed by atoms with E-state index in [1.807, 2.05) is 12.1 Å². The Morgan fingerprint density at radius 1 is 0.955 bits per heavy atom. The summed E-state index contributed by atoms with van der Waals surface area (Å²) in [4.78, 5) is 2.33. The van der Waals surface area contributed by atoms with Gasteiger partial charge in [-0.25, -0.2) is 0 Å². The molecule has 0 heterocycles. The van der Waals surface area contributed by atoms with Gasteiger partial charge in [-0.2, -0.15) is 0 Å². The normalized spacial score (nSPS) is 11.3. The van der Waals surface area contributed by atoms with E-state index in [1.165, 1.54) is 11.1 Å². The Morgan fingerprint density at radius 3 is 2.18 bits per heavy atom. The van der Waals surface area contributed by atoms with E-state index in [0.717, 1.165) is 25.2 Å². The number of nitrogens with one attached hydrogen (secondary N) is 1. The summed E-state index contributed by atoms with van der Waals surface area (Å²) < 4.78 is 0. The van der Waals surface area contributed by atoms with Crippen molar-refractivity contribution < 1.29 is 5.11 Å². The summed E-state index contributed by atoms with van der Waals surface area (Å²) in [7, 11) is 2.15. The number of hydrogen-bond acceptors (Lipinski definition) is 3. The second-order valence-electron chi connectivity index (χ2n) is 6.10. The minimum Gasteiger partial charge on any atom is -0.508 e. The van der Waals surface area contributed by atoms with Crippen LogP contribution in [0.4, 0.5) is 0 Å². The van der Waals surface area contributed by atoms with Gasteiger partial charge in [0.25, 0.3) is 0 Å². The molecule has 0 fully saturated rings. The van der Waals surface area contributed by atoms with Gasteiger partial charge in [0.1, 0.15) is 5.75 Å². The van der Waals surface area contributed by atoms with Gasteiger partial charge in [-0.3, -0.25) is 4.90 Å². The van der Waals surface area contributed by atoms with Crippen LogP contribution in [-0.2, 0) is 19.6 Å². The molecule has 2 aromatic rings. The minimum atomic E-state index is 0.318.